The largest absolute Gasteiger partial charge is 0.497 e. The fourth-order valence-electron chi connectivity index (χ4n) is 3.76. The van der Waals surface area contributed by atoms with Crippen LogP contribution in [0.15, 0.2) is 42.0 Å². The molecule has 0 spiro atoms. The number of benzene rings is 2. The van der Waals surface area contributed by atoms with E-state index in [1.807, 2.05) is 6.07 Å². The van der Waals surface area contributed by atoms with Crippen molar-refractivity contribution in [2.24, 2.45) is 0 Å². The molecule has 0 bridgehead atoms. The third kappa shape index (κ3) is 2.15. The maximum atomic E-state index is 12.2. The Hall–Kier alpha value is -2.55. The highest BCUT2D eigenvalue weighted by atomic mass is 16.5. The molecule has 3 nitrogen and oxygen atoms in total. The Morgan fingerprint density at radius 1 is 0.913 bits per heavy atom. The summed E-state index contributed by atoms with van der Waals surface area (Å²) in [6, 6.07) is 12.6. The van der Waals surface area contributed by atoms with Gasteiger partial charge in [-0.3, -0.25) is 0 Å². The molecule has 0 unspecified atom stereocenters. The van der Waals surface area contributed by atoms with Gasteiger partial charge in [0, 0.05) is 12.0 Å². The smallest absolute Gasteiger partial charge is 0.334 e. The summed E-state index contributed by atoms with van der Waals surface area (Å²) in [7, 11) is 3.14. The molecule has 0 saturated carbocycles. The lowest BCUT2D eigenvalue weighted by Crippen LogP contribution is -2.06. The summed E-state index contributed by atoms with van der Waals surface area (Å²) >= 11 is 0. The minimum Gasteiger partial charge on any atom is -0.497 e. The number of ether oxygens (including phenoxy) is 2. The van der Waals surface area contributed by atoms with Gasteiger partial charge in [0.2, 0.25) is 0 Å². The molecule has 116 valence electrons. The summed E-state index contributed by atoms with van der Waals surface area (Å²) < 4.78 is 10.4. The molecule has 0 N–H and O–H groups in total. The van der Waals surface area contributed by atoms with E-state index in [9.17, 15) is 4.79 Å². The molecule has 0 fully saturated rings. The molecule has 0 atom stereocenters. The van der Waals surface area contributed by atoms with Crippen LogP contribution in [0, 0.1) is 0 Å². The van der Waals surface area contributed by atoms with Crippen LogP contribution in [-0.4, -0.2) is 20.2 Å². The molecule has 0 aliphatic heterocycles. The average molecular weight is 306 g/mol. The molecule has 0 radical (unpaired) electrons. The van der Waals surface area contributed by atoms with Gasteiger partial charge in [-0.25, -0.2) is 4.79 Å². The van der Waals surface area contributed by atoms with Gasteiger partial charge >= 0.3 is 5.97 Å². The van der Waals surface area contributed by atoms with Gasteiger partial charge in [0.05, 0.1) is 14.2 Å². The van der Waals surface area contributed by atoms with Crippen molar-refractivity contribution in [1.29, 1.82) is 0 Å². The predicted octanol–water partition coefficient (Wildman–Crippen LogP) is 3.32. The maximum Gasteiger partial charge on any atom is 0.334 e. The number of fused-ring (bicyclic) bond motifs is 1. The second kappa shape index (κ2) is 5.27. The molecule has 23 heavy (non-hydrogen) atoms. The number of hydrogen-bond acceptors (Lipinski definition) is 3. The first-order valence-corrected chi connectivity index (χ1v) is 7.78. The van der Waals surface area contributed by atoms with Crippen LogP contribution in [0.5, 0.6) is 5.75 Å². The third-order valence-electron chi connectivity index (χ3n) is 4.86. The summed E-state index contributed by atoms with van der Waals surface area (Å²) in [6.45, 7) is 0. The summed E-state index contributed by atoms with van der Waals surface area (Å²) in [5.74, 6) is 0.665. The van der Waals surface area contributed by atoms with Gasteiger partial charge in [0.25, 0.3) is 0 Å². The van der Waals surface area contributed by atoms with Crippen LogP contribution in [-0.2, 0) is 28.8 Å². The number of esters is 1. The first-order valence-electron chi connectivity index (χ1n) is 7.78. The third-order valence-corrected chi connectivity index (χ3v) is 4.86. The lowest BCUT2D eigenvalue weighted by molar-refractivity contribution is -0.136. The lowest BCUT2D eigenvalue weighted by Gasteiger charge is -2.09. The number of methoxy groups -OCH3 is 2. The van der Waals surface area contributed by atoms with Crippen LogP contribution in [0.3, 0.4) is 0 Å². The van der Waals surface area contributed by atoms with Crippen LogP contribution < -0.4 is 4.74 Å². The molecule has 4 rings (SSSR count). The lowest BCUT2D eigenvalue weighted by atomic mass is 9.97. The van der Waals surface area contributed by atoms with Crippen molar-refractivity contribution < 1.29 is 14.3 Å². The van der Waals surface area contributed by atoms with Crippen molar-refractivity contribution in [3.05, 3.63) is 69.8 Å². The van der Waals surface area contributed by atoms with E-state index in [0.29, 0.717) is 6.42 Å². The van der Waals surface area contributed by atoms with Gasteiger partial charge in [-0.15, -0.1) is 0 Å². The fourth-order valence-corrected chi connectivity index (χ4v) is 3.76. The van der Waals surface area contributed by atoms with Crippen LogP contribution in [0.4, 0.5) is 0 Å². The highest BCUT2D eigenvalue weighted by Crippen LogP contribution is 2.42. The molecular formula is C20H18O3. The van der Waals surface area contributed by atoms with Crippen molar-refractivity contribution in [1.82, 2.24) is 0 Å². The first kappa shape index (κ1) is 14.1. The normalized spacial score (nSPS) is 14.9. The van der Waals surface area contributed by atoms with Crippen LogP contribution in [0.25, 0.3) is 5.57 Å². The summed E-state index contributed by atoms with van der Waals surface area (Å²) in [5.41, 5.74) is 8.23. The van der Waals surface area contributed by atoms with Crippen LogP contribution >= 0.6 is 0 Å². The average Bonchev–Trinajstić information content (AvgIpc) is 2.85. The van der Waals surface area contributed by atoms with Crippen LogP contribution in [0.1, 0.15) is 27.8 Å². The second-order valence-electron chi connectivity index (χ2n) is 6.06. The highest BCUT2D eigenvalue weighted by molar-refractivity contribution is 6.02. The Kier molecular flexibility index (Phi) is 3.22. The van der Waals surface area contributed by atoms with E-state index in [4.69, 9.17) is 9.47 Å². The maximum absolute atomic E-state index is 12.2. The standard InChI is InChI=1S/C20H18O3/c1-22-16-7-6-12-10-17-18(20(21)23-2)11-14-5-3-4-13(19(14)17)8-15(12)9-16/h3-7,9H,8,10-11H2,1-2H3. The zero-order valence-electron chi connectivity index (χ0n) is 13.3. The number of rotatable bonds is 2. The monoisotopic (exact) mass is 306 g/mol. The minimum absolute atomic E-state index is 0.209. The van der Waals surface area contributed by atoms with Crippen molar-refractivity contribution in [3.63, 3.8) is 0 Å². The molecule has 0 heterocycles. The molecule has 0 amide bonds. The Morgan fingerprint density at radius 2 is 1.70 bits per heavy atom. The van der Waals surface area contributed by atoms with E-state index >= 15 is 0 Å². The predicted molar refractivity (Wildman–Crippen MR) is 88.6 cm³/mol. The minimum atomic E-state index is -0.209. The highest BCUT2D eigenvalue weighted by Gasteiger charge is 2.31. The zero-order chi connectivity index (χ0) is 16.0. The molecular weight excluding hydrogens is 288 g/mol. The SMILES string of the molecule is COC(=O)C1=C2Cc3ccc(OC)cc3Cc3cccc(c32)C1. The van der Waals surface area contributed by atoms with E-state index in [1.54, 1.807) is 7.11 Å². The van der Waals surface area contributed by atoms with Gasteiger partial charge in [-0.2, -0.15) is 0 Å². The van der Waals surface area contributed by atoms with Crippen molar-refractivity contribution in [3.8, 4) is 5.75 Å². The molecule has 0 saturated heterocycles. The molecule has 3 heteroatoms. The van der Waals surface area contributed by atoms with Crippen molar-refractivity contribution in [2.75, 3.05) is 14.2 Å². The molecule has 2 aromatic carbocycles. The number of allylic oxidation sites excluding steroid dienone is 1. The van der Waals surface area contributed by atoms with Gasteiger partial charge in [0.1, 0.15) is 5.75 Å². The Morgan fingerprint density at radius 3 is 2.43 bits per heavy atom. The van der Waals surface area contributed by atoms with E-state index in [0.717, 1.165) is 29.7 Å². The van der Waals surface area contributed by atoms with Gasteiger partial charge in [-0.05, 0) is 58.4 Å². The first-order chi connectivity index (χ1) is 11.2. The van der Waals surface area contributed by atoms with Gasteiger partial charge < -0.3 is 9.47 Å². The topological polar surface area (TPSA) is 35.5 Å². The van der Waals surface area contributed by atoms with Crippen molar-refractivity contribution >= 4 is 11.5 Å². The van der Waals surface area contributed by atoms with Gasteiger partial charge in [-0.1, -0.05) is 24.3 Å². The van der Waals surface area contributed by atoms with Gasteiger partial charge in [0.15, 0.2) is 0 Å². The van der Waals surface area contributed by atoms with E-state index in [1.165, 1.54) is 34.9 Å². The molecule has 2 aliphatic rings. The van der Waals surface area contributed by atoms with E-state index in [2.05, 4.69) is 30.3 Å². The Balaban J connectivity index is 1.93. The summed E-state index contributed by atoms with van der Waals surface area (Å²) in [4.78, 5) is 12.2. The van der Waals surface area contributed by atoms with E-state index < -0.39 is 0 Å². The summed E-state index contributed by atoms with van der Waals surface area (Å²) in [5, 5.41) is 0. The number of hydrogen-bond donors (Lipinski definition) is 0. The number of carbonyl (C=O) groups is 1. The molecule has 2 aliphatic carbocycles. The Labute approximate surface area is 135 Å². The molecule has 0 aromatic heterocycles. The zero-order valence-corrected chi connectivity index (χ0v) is 13.3. The molecule has 2 aromatic rings. The van der Waals surface area contributed by atoms with Crippen LogP contribution in [0.2, 0.25) is 0 Å². The Bertz CT molecular complexity index is 846. The summed E-state index contributed by atoms with van der Waals surface area (Å²) in [6.07, 6.45) is 2.32. The van der Waals surface area contributed by atoms with Crippen molar-refractivity contribution in [2.45, 2.75) is 19.3 Å². The fraction of sp³-hybridized carbons (Fsp3) is 0.250. The quantitative estimate of drug-likeness (QED) is 0.798. The number of carbonyl (C=O) groups excluding carboxylic acids is 1. The van der Waals surface area contributed by atoms with E-state index in [-0.39, 0.29) is 5.97 Å². The second-order valence-corrected chi connectivity index (χ2v) is 6.06.